The maximum Gasteiger partial charge on any atom is 0.192 e. The van der Waals surface area contributed by atoms with Gasteiger partial charge in [-0.1, -0.05) is 81.8 Å². The molecular weight excluding hydrogens is 308 g/mol. The van der Waals surface area contributed by atoms with Crippen molar-refractivity contribution < 1.29 is 4.43 Å². The van der Waals surface area contributed by atoms with E-state index in [1.807, 2.05) is 0 Å². The molecule has 0 aliphatic carbocycles. The zero-order chi connectivity index (χ0) is 18.5. The summed E-state index contributed by atoms with van der Waals surface area (Å²) in [6, 6.07) is 10.7. The SMILES string of the molecule is C=C(C)/C(C)=C/[C@@H](C)[C@H](Cc1ccccc1)O[Si](C)(C)C(C)(C)C. The third kappa shape index (κ3) is 6.07. The third-order valence-electron chi connectivity index (χ3n) is 5.30. The molecule has 0 radical (unpaired) electrons. The average molecular weight is 345 g/mol. The molecule has 0 heterocycles. The predicted molar refractivity (Wildman–Crippen MR) is 110 cm³/mol. The van der Waals surface area contributed by atoms with Crippen LogP contribution in [0.4, 0.5) is 0 Å². The fraction of sp³-hybridized carbons (Fsp3) is 0.545. The lowest BCUT2D eigenvalue weighted by atomic mass is 9.94. The van der Waals surface area contributed by atoms with Crippen molar-refractivity contribution in [2.75, 3.05) is 0 Å². The van der Waals surface area contributed by atoms with E-state index in [0.29, 0.717) is 5.92 Å². The van der Waals surface area contributed by atoms with E-state index >= 15 is 0 Å². The molecule has 0 unspecified atom stereocenters. The highest BCUT2D eigenvalue weighted by molar-refractivity contribution is 6.74. The van der Waals surface area contributed by atoms with E-state index in [4.69, 9.17) is 4.43 Å². The van der Waals surface area contributed by atoms with Crippen LogP contribution < -0.4 is 0 Å². The van der Waals surface area contributed by atoms with Crippen molar-refractivity contribution in [3.8, 4) is 0 Å². The lowest BCUT2D eigenvalue weighted by Crippen LogP contribution is -2.46. The number of hydrogen-bond donors (Lipinski definition) is 0. The molecule has 0 saturated heterocycles. The molecule has 1 aromatic rings. The first-order valence-corrected chi connectivity index (χ1v) is 11.9. The van der Waals surface area contributed by atoms with Crippen molar-refractivity contribution in [2.24, 2.45) is 5.92 Å². The number of benzene rings is 1. The summed E-state index contributed by atoms with van der Waals surface area (Å²) in [5.74, 6) is 0.357. The number of allylic oxidation sites excluding steroid dienone is 2. The standard InChI is InChI=1S/C22H36OSi/c1-17(2)18(3)15-19(4)21(16-20-13-11-10-12-14-20)23-24(8,9)22(5,6)7/h10-15,19,21H,1,16H2,2-9H3/b18-15+/t19-,21+/m1/s1. The monoisotopic (exact) mass is 344 g/mol. The Morgan fingerprint density at radius 1 is 1.17 bits per heavy atom. The topological polar surface area (TPSA) is 9.23 Å². The van der Waals surface area contributed by atoms with Gasteiger partial charge in [0.1, 0.15) is 0 Å². The minimum atomic E-state index is -1.81. The second kappa shape index (κ2) is 8.31. The molecule has 0 aromatic heterocycles. The highest BCUT2D eigenvalue weighted by Gasteiger charge is 2.39. The summed E-state index contributed by atoms with van der Waals surface area (Å²) >= 11 is 0. The molecular formula is C22H36OSi. The Balaban J connectivity index is 3.07. The molecule has 1 nitrogen and oxygen atoms in total. The zero-order valence-electron chi connectivity index (χ0n) is 16.9. The van der Waals surface area contributed by atoms with E-state index in [-0.39, 0.29) is 11.1 Å². The average Bonchev–Trinajstić information content (AvgIpc) is 2.46. The summed E-state index contributed by atoms with van der Waals surface area (Å²) in [4.78, 5) is 0. The molecule has 134 valence electrons. The van der Waals surface area contributed by atoms with Crippen LogP contribution in [0.25, 0.3) is 0 Å². The first-order valence-electron chi connectivity index (χ1n) is 9.00. The van der Waals surface area contributed by atoms with Gasteiger partial charge in [-0.25, -0.2) is 0 Å². The highest BCUT2D eigenvalue weighted by atomic mass is 28.4. The Morgan fingerprint density at radius 3 is 2.17 bits per heavy atom. The van der Waals surface area contributed by atoms with Gasteiger partial charge in [-0.3, -0.25) is 0 Å². The molecule has 0 fully saturated rings. The largest absolute Gasteiger partial charge is 0.413 e. The summed E-state index contributed by atoms with van der Waals surface area (Å²) < 4.78 is 6.81. The maximum atomic E-state index is 6.81. The van der Waals surface area contributed by atoms with Crippen LogP contribution in [-0.2, 0) is 10.8 Å². The second-order valence-electron chi connectivity index (χ2n) is 8.60. The maximum absolute atomic E-state index is 6.81. The van der Waals surface area contributed by atoms with Crippen LogP contribution >= 0.6 is 0 Å². The first kappa shape index (κ1) is 20.9. The van der Waals surface area contributed by atoms with Crippen molar-refractivity contribution in [3.05, 3.63) is 59.7 Å². The molecule has 0 bridgehead atoms. The van der Waals surface area contributed by atoms with Crippen molar-refractivity contribution in [2.45, 2.75) is 72.2 Å². The normalized spacial score (nSPS) is 15.9. The summed E-state index contributed by atoms with van der Waals surface area (Å²) in [6.07, 6.45) is 3.47. The summed E-state index contributed by atoms with van der Waals surface area (Å²) in [5, 5.41) is 0.217. The molecule has 0 aliphatic heterocycles. The molecule has 0 saturated carbocycles. The van der Waals surface area contributed by atoms with E-state index in [9.17, 15) is 0 Å². The Bertz CT molecular complexity index is 563. The van der Waals surface area contributed by atoms with Gasteiger partial charge in [0.2, 0.25) is 0 Å². The fourth-order valence-electron chi connectivity index (χ4n) is 2.38. The summed E-state index contributed by atoms with van der Waals surface area (Å²) in [5.41, 5.74) is 3.74. The Kier molecular flexibility index (Phi) is 7.24. The lowest BCUT2D eigenvalue weighted by molar-refractivity contribution is 0.145. The van der Waals surface area contributed by atoms with Crippen LogP contribution in [-0.4, -0.2) is 14.4 Å². The highest BCUT2D eigenvalue weighted by Crippen LogP contribution is 2.38. The minimum absolute atomic E-state index is 0.197. The third-order valence-corrected chi connectivity index (χ3v) is 9.81. The summed E-state index contributed by atoms with van der Waals surface area (Å²) in [7, 11) is -1.81. The van der Waals surface area contributed by atoms with Crippen LogP contribution in [0, 0.1) is 5.92 Å². The number of rotatable bonds is 7. The second-order valence-corrected chi connectivity index (χ2v) is 13.4. The Morgan fingerprint density at radius 2 is 1.71 bits per heavy atom. The molecule has 0 spiro atoms. The summed E-state index contributed by atoms with van der Waals surface area (Å²) in [6.45, 7) is 22.1. The molecule has 2 heteroatoms. The zero-order valence-corrected chi connectivity index (χ0v) is 17.9. The van der Waals surface area contributed by atoms with Gasteiger partial charge >= 0.3 is 0 Å². The van der Waals surface area contributed by atoms with Crippen LogP contribution in [0.2, 0.25) is 18.1 Å². The van der Waals surface area contributed by atoms with E-state index in [2.05, 4.69) is 97.6 Å². The number of hydrogen-bond acceptors (Lipinski definition) is 1. The quantitative estimate of drug-likeness (QED) is 0.391. The van der Waals surface area contributed by atoms with Gasteiger partial charge in [0.05, 0.1) is 6.10 Å². The minimum Gasteiger partial charge on any atom is -0.413 e. The Labute approximate surface area is 151 Å². The van der Waals surface area contributed by atoms with E-state index in [1.165, 1.54) is 11.1 Å². The van der Waals surface area contributed by atoms with Gasteiger partial charge in [-0.15, -0.1) is 0 Å². The van der Waals surface area contributed by atoms with E-state index in [0.717, 1.165) is 12.0 Å². The van der Waals surface area contributed by atoms with Gasteiger partial charge in [-0.05, 0) is 49.9 Å². The van der Waals surface area contributed by atoms with Crippen LogP contribution in [0.15, 0.2) is 54.1 Å². The molecule has 0 amide bonds. The smallest absolute Gasteiger partial charge is 0.192 e. The van der Waals surface area contributed by atoms with Gasteiger partial charge in [0, 0.05) is 0 Å². The van der Waals surface area contributed by atoms with Gasteiger partial charge < -0.3 is 4.43 Å². The van der Waals surface area contributed by atoms with Crippen LogP contribution in [0.5, 0.6) is 0 Å². The van der Waals surface area contributed by atoms with Crippen LogP contribution in [0.3, 0.4) is 0 Å². The molecule has 1 aromatic carbocycles. The predicted octanol–water partition coefficient (Wildman–Crippen LogP) is 6.78. The molecule has 2 atom stereocenters. The van der Waals surface area contributed by atoms with Crippen LogP contribution in [0.1, 0.15) is 47.1 Å². The molecule has 0 N–H and O–H groups in total. The van der Waals surface area contributed by atoms with Crippen molar-refractivity contribution >= 4 is 8.32 Å². The van der Waals surface area contributed by atoms with Gasteiger partial charge in [0.25, 0.3) is 0 Å². The fourth-order valence-corrected chi connectivity index (χ4v) is 3.79. The molecule has 24 heavy (non-hydrogen) atoms. The molecule has 1 rings (SSSR count). The van der Waals surface area contributed by atoms with Crippen molar-refractivity contribution in [3.63, 3.8) is 0 Å². The molecule has 0 aliphatic rings. The van der Waals surface area contributed by atoms with Gasteiger partial charge in [-0.2, -0.15) is 0 Å². The Hall–Kier alpha value is -1.12. The lowest BCUT2D eigenvalue weighted by Gasteiger charge is -2.40. The van der Waals surface area contributed by atoms with Gasteiger partial charge in [0.15, 0.2) is 8.32 Å². The van der Waals surface area contributed by atoms with Crippen molar-refractivity contribution in [1.29, 1.82) is 0 Å². The first-order chi connectivity index (χ1) is 10.9. The van der Waals surface area contributed by atoms with Crippen molar-refractivity contribution in [1.82, 2.24) is 0 Å². The van der Waals surface area contributed by atoms with E-state index in [1.54, 1.807) is 0 Å². The van der Waals surface area contributed by atoms with E-state index < -0.39 is 8.32 Å².